The molecule has 1 rings (SSSR count). The Hall–Kier alpha value is -0.610. The van der Waals surface area contributed by atoms with Gasteiger partial charge in [-0.05, 0) is 52.4 Å². The maximum absolute atomic E-state index is 11.0. The van der Waals surface area contributed by atoms with Gasteiger partial charge >= 0.3 is 5.97 Å². The van der Waals surface area contributed by atoms with Crippen LogP contribution in [0.4, 0.5) is 0 Å². The molecular formula is C13H26N2O2. The third kappa shape index (κ3) is 6.03. The molecule has 0 radical (unpaired) electrons. The molecule has 0 amide bonds. The zero-order valence-corrected chi connectivity index (χ0v) is 11.4. The molecule has 1 aliphatic rings. The van der Waals surface area contributed by atoms with Crippen LogP contribution in [0.5, 0.6) is 0 Å². The van der Waals surface area contributed by atoms with E-state index in [2.05, 4.69) is 28.6 Å². The zero-order valence-electron chi connectivity index (χ0n) is 11.4. The van der Waals surface area contributed by atoms with Crippen molar-refractivity contribution in [3.8, 4) is 0 Å². The van der Waals surface area contributed by atoms with Crippen LogP contribution in [0, 0.1) is 5.92 Å². The van der Waals surface area contributed by atoms with Crippen molar-refractivity contribution in [3.05, 3.63) is 0 Å². The normalized spacial score (nSPS) is 21.8. The van der Waals surface area contributed by atoms with Crippen molar-refractivity contribution in [1.29, 1.82) is 0 Å². The fraction of sp³-hybridized carbons (Fsp3) is 0.923. The average Bonchev–Trinajstić information content (AvgIpc) is 2.28. The molecule has 0 aromatic rings. The van der Waals surface area contributed by atoms with Gasteiger partial charge in [0.1, 0.15) is 0 Å². The third-order valence-electron chi connectivity index (χ3n) is 3.44. The second-order valence-corrected chi connectivity index (χ2v) is 5.21. The smallest absolute Gasteiger partial charge is 0.305 e. The number of carbonyl (C=O) groups is 1. The fourth-order valence-electron chi connectivity index (χ4n) is 2.55. The van der Waals surface area contributed by atoms with Gasteiger partial charge in [-0.15, -0.1) is 0 Å². The molecule has 0 aliphatic carbocycles. The van der Waals surface area contributed by atoms with Crippen molar-refractivity contribution in [2.75, 3.05) is 47.4 Å². The summed E-state index contributed by atoms with van der Waals surface area (Å²) in [5, 5.41) is 0. The van der Waals surface area contributed by atoms with Crippen LogP contribution < -0.4 is 0 Å². The van der Waals surface area contributed by atoms with E-state index in [1.165, 1.54) is 33.0 Å². The molecule has 1 fully saturated rings. The van der Waals surface area contributed by atoms with E-state index in [0.717, 1.165) is 25.4 Å². The number of hydrogen-bond acceptors (Lipinski definition) is 4. The summed E-state index contributed by atoms with van der Waals surface area (Å²) in [7, 11) is 5.79. The Morgan fingerprint density at radius 1 is 1.53 bits per heavy atom. The van der Waals surface area contributed by atoms with Crippen LogP contribution in [-0.4, -0.2) is 63.2 Å². The quantitative estimate of drug-likeness (QED) is 0.656. The summed E-state index contributed by atoms with van der Waals surface area (Å²) in [6.07, 6.45) is 4.08. The van der Waals surface area contributed by atoms with E-state index in [0.29, 0.717) is 6.42 Å². The highest BCUT2D eigenvalue weighted by atomic mass is 16.5. The molecule has 1 saturated heterocycles. The van der Waals surface area contributed by atoms with Crippen LogP contribution in [-0.2, 0) is 9.53 Å². The molecule has 4 nitrogen and oxygen atoms in total. The van der Waals surface area contributed by atoms with E-state index < -0.39 is 0 Å². The van der Waals surface area contributed by atoms with Crippen LogP contribution >= 0.6 is 0 Å². The summed E-state index contributed by atoms with van der Waals surface area (Å²) in [4.78, 5) is 15.7. The van der Waals surface area contributed by atoms with Gasteiger partial charge in [0.25, 0.3) is 0 Å². The summed E-state index contributed by atoms with van der Waals surface area (Å²) in [5.74, 6) is 0.688. The topological polar surface area (TPSA) is 32.8 Å². The molecule has 4 heteroatoms. The second kappa shape index (κ2) is 7.67. The van der Waals surface area contributed by atoms with E-state index in [-0.39, 0.29) is 5.97 Å². The Balaban J connectivity index is 2.11. The van der Waals surface area contributed by atoms with Crippen molar-refractivity contribution < 1.29 is 9.53 Å². The van der Waals surface area contributed by atoms with E-state index in [4.69, 9.17) is 0 Å². The fourth-order valence-corrected chi connectivity index (χ4v) is 2.55. The van der Waals surface area contributed by atoms with Gasteiger partial charge in [-0.3, -0.25) is 4.79 Å². The first-order valence-corrected chi connectivity index (χ1v) is 6.55. The lowest BCUT2D eigenvalue weighted by atomic mass is 9.98. The molecule has 0 aromatic heterocycles. The minimum absolute atomic E-state index is 0.101. The molecular weight excluding hydrogens is 216 g/mol. The zero-order chi connectivity index (χ0) is 12.7. The molecule has 1 heterocycles. The summed E-state index contributed by atoms with van der Waals surface area (Å²) in [5.41, 5.74) is 0. The highest BCUT2D eigenvalue weighted by Gasteiger charge is 2.18. The van der Waals surface area contributed by atoms with Crippen molar-refractivity contribution in [2.45, 2.75) is 25.7 Å². The highest BCUT2D eigenvalue weighted by molar-refractivity contribution is 5.69. The average molecular weight is 242 g/mol. The van der Waals surface area contributed by atoms with Gasteiger partial charge in [0.15, 0.2) is 0 Å². The lowest BCUT2D eigenvalue weighted by Gasteiger charge is -2.32. The number of methoxy groups -OCH3 is 1. The number of esters is 1. The number of ether oxygens (including phenoxy) is 1. The van der Waals surface area contributed by atoms with Crippen molar-refractivity contribution in [1.82, 2.24) is 9.80 Å². The number of likely N-dealkylation sites (tertiary alicyclic amines) is 1. The predicted octanol–water partition coefficient (Wildman–Crippen LogP) is 1.21. The van der Waals surface area contributed by atoms with Gasteiger partial charge in [-0.25, -0.2) is 0 Å². The number of carbonyl (C=O) groups excluding carboxylic acids is 1. The number of hydrogen-bond donors (Lipinski definition) is 0. The molecule has 0 saturated carbocycles. The molecule has 100 valence electrons. The molecule has 1 unspecified atom stereocenters. The summed E-state index contributed by atoms with van der Waals surface area (Å²) in [6.45, 7) is 4.57. The Bertz CT molecular complexity index is 233. The standard InChI is InChI=1S/C13H26N2O2/c1-14-8-4-6-12(10-14)11-15(2)9-5-7-13(16)17-3/h12H,4-11H2,1-3H3. The first-order valence-electron chi connectivity index (χ1n) is 6.55. The Morgan fingerprint density at radius 2 is 2.29 bits per heavy atom. The largest absolute Gasteiger partial charge is 0.469 e. The number of piperidine rings is 1. The maximum atomic E-state index is 11.0. The van der Waals surface area contributed by atoms with Gasteiger partial charge in [-0.1, -0.05) is 0 Å². The SMILES string of the molecule is COC(=O)CCCN(C)CC1CCCN(C)C1. The van der Waals surface area contributed by atoms with Crippen molar-refractivity contribution >= 4 is 5.97 Å². The van der Waals surface area contributed by atoms with E-state index >= 15 is 0 Å². The van der Waals surface area contributed by atoms with Gasteiger partial charge < -0.3 is 14.5 Å². The minimum atomic E-state index is -0.101. The van der Waals surface area contributed by atoms with E-state index in [1.807, 2.05) is 0 Å². The predicted molar refractivity (Wildman–Crippen MR) is 69.0 cm³/mol. The first kappa shape index (κ1) is 14.5. The molecule has 1 atom stereocenters. The van der Waals surface area contributed by atoms with Crippen molar-refractivity contribution in [2.24, 2.45) is 5.92 Å². The van der Waals surface area contributed by atoms with Gasteiger partial charge in [0, 0.05) is 19.5 Å². The van der Waals surface area contributed by atoms with E-state index in [9.17, 15) is 4.79 Å². The highest BCUT2D eigenvalue weighted by Crippen LogP contribution is 2.15. The Kier molecular flexibility index (Phi) is 6.52. The molecule has 0 N–H and O–H groups in total. The molecule has 0 aromatic carbocycles. The van der Waals surface area contributed by atoms with Crippen LogP contribution in [0.25, 0.3) is 0 Å². The molecule has 17 heavy (non-hydrogen) atoms. The first-order chi connectivity index (χ1) is 8.11. The third-order valence-corrected chi connectivity index (χ3v) is 3.44. The van der Waals surface area contributed by atoms with Crippen molar-refractivity contribution in [3.63, 3.8) is 0 Å². The van der Waals surface area contributed by atoms with Gasteiger partial charge in [0.2, 0.25) is 0 Å². The summed E-state index contributed by atoms with van der Waals surface area (Å²) >= 11 is 0. The monoisotopic (exact) mass is 242 g/mol. The molecule has 0 spiro atoms. The Morgan fingerprint density at radius 3 is 2.94 bits per heavy atom. The van der Waals surface area contributed by atoms with Gasteiger partial charge in [-0.2, -0.15) is 0 Å². The van der Waals surface area contributed by atoms with Gasteiger partial charge in [0.05, 0.1) is 7.11 Å². The number of nitrogens with zero attached hydrogens (tertiary/aromatic N) is 2. The van der Waals surface area contributed by atoms with Crippen LogP contribution in [0.2, 0.25) is 0 Å². The van der Waals surface area contributed by atoms with Crippen LogP contribution in [0.3, 0.4) is 0 Å². The summed E-state index contributed by atoms with van der Waals surface area (Å²) in [6, 6.07) is 0. The van der Waals surface area contributed by atoms with Crippen LogP contribution in [0.15, 0.2) is 0 Å². The van der Waals surface area contributed by atoms with E-state index in [1.54, 1.807) is 0 Å². The number of rotatable bonds is 6. The lowest BCUT2D eigenvalue weighted by Crippen LogP contribution is -2.38. The van der Waals surface area contributed by atoms with Crippen LogP contribution in [0.1, 0.15) is 25.7 Å². The maximum Gasteiger partial charge on any atom is 0.305 e. The second-order valence-electron chi connectivity index (χ2n) is 5.21. The Labute approximate surface area is 105 Å². The molecule has 1 aliphatic heterocycles. The lowest BCUT2D eigenvalue weighted by molar-refractivity contribution is -0.140. The minimum Gasteiger partial charge on any atom is -0.469 e. The summed E-state index contributed by atoms with van der Waals surface area (Å²) < 4.78 is 4.63. The molecule has 0 bridgehead atoms.